The van der Waals surface area contributed by atoms with Gasteiger partial charge in [-0.1, -0.05) is 76.1 Å². The van der Waals surface area contributed by atoms with Crippen LogP contribution < -0.4 is 15.1 Å². The van der Waals surface area contributed by atoms with Gasteiger partial charge in [-0.15, -0.1) is 0 Å². The lowest BCUT2D eigenvalue weighted by Crippen LogP contribution is -2.33. The lowest BCUT2D eigenvalue weighted by molar-refractivity contribution is -0.137. The number of nitrogens with one attached hydrogen (secondary N) is 1. The number of alkyl halides is 3. The number of aromatic nitrogens is 1. The minimum atomic E-state index is -4.61. The maximum atomic E-state index is 14.0. The van der Waals surface area contributed by atoms with Gasteiger partial charge >= 0.3 is 11.0 Å². The fourth-order valence-electron chi connectivity index (χ4n) is 5.31. The van der Waals surface area contributed by atoms with Crippen molar-refractivity contribution in [3.05, 3.63) is 107 Å². The smallest absolute Gasteiger partial charge is 0.325 e. The Morgan fingerprint density at radius 3 is 2.34 bits per heavy atom. The van der Waals surface area contributed by atoms with E-state index in [9.17, 15) is 32.3 Å². The molecule has 0 spiro atoms. The van der Waals surface area contributed by atoms with Crippen molar-refractivity contribution in [2.24, 2.45) is 5.92 Å². The van der Waals surface area contributed by atoms with Gasteiger partial charge in [0, 0.05) is 21.5 Å². The second-order valence-corrected chi connectivity index (χ2v) is 13.3. The minimum absolute atomic E-state index is 0.103. The molecule has 0 bridgehead atoms. The highest BCUT2D eigenvalue weighted by Gasteiger charge is 2.57. The molecule has 0 radical (unpaired) electrons. The summed E-state index contributed by atoms with van der Waals surface area (Å²) >= 11 is 20.7. The monoisotopic (exact) mass is 697 g/mol. The number of imide groups is 1. The molecule has 226 valence electrons. The van der Waals surface area contributed by atoms with Crippen LogP contribution in [0.15, 0.2) is 76.6 Å². The summed E-state index contributed by atoms with van der Waals surface area (Å²) in [6.07, 6.45) is -4.61. The molecule has 3 amide bonds. The third-order valence-corrected chi connectivity index (χ3v) is 10.9. The predicted octanol–water partition coefficient (Wildman–Crippen LogP) is 7.32. The molecule has 3 atom stereocenters. The number of nitrogens with zero attached hydrogens (tertiary/aromatic N) is 2. The van der Waals surface area contributed by atoms with Crippen molar-refractivity contribution in [1.29, 1.82) is 0 Å². The van der Waals surface area contributed by atoms with Gasteiger partial charge in [0.05, 0.1) is 32.2 Å². The highest BCUT2D eigenvalue weighted by Crippen LogP contribution is 2.55. The molecule has 6 rings (SSSR count). The topological polar surface area (TPSA) is 88.5 Å². The van der Waals surface area contributed by atoms with E-state index in [2.05, 4.69) is 5.32 Å². The third kappa shape index (κ3) is 5.43. The lowest BCUT2D eigenvalue weighted by Gasteiger charge is -2.31. The summed E-state index contributed by atoms with van der Waals surface area (Å²) in [6.45, 7) is -0.551. The number of carbonyl (C=O) groups excluding carboxylic acids is 3. The summed E-state index contributed by atoms with van der Waals surface area (Å²) < 4.78 is 40.6. The van der Waals surface area contributed by atoms with Crippen LogP contribution in [0.2, 0.25) is 15.1 Å². The molecule has 15 heteroatoms. The van der Waals surface area contributed by atoms with Gasteiger partial charge in [0.25, 0.3) is 0 Å². The van der Waals surface area contributed by atoms with Gasteiger partial charge in [-0.05, 0) is 54.1 Å². The first-order chi connectivity index (χ1) is 20.8. The van der Waals surface area contributed by atoms with E-state index < -0.39 is 58.0 Å². The number of thioether (sulfide) groups is 1. The van der Waals surface area contributed by atoms with E-state index >= 15 is 0 Å². The lowest BCUT2D eigenvalue weighted by atomic mass is 9.83. The van der Waals surface area contributed by atoms with Gasteiger partial charge in [-0.3, -0.25) is 23.7 Å². The molecule has 0 saturated carbocycles. The van der Waals surface area contributed by atoms with Gasteiger partial charge in [-0.25, -0.2) is 4.90 Å². The first-order valence-corrected chi connectivity index (χ1v) is 15.6. The van der Waals surface area contributed by atoms with E-state index in [1.54, 1.807) is 42.5 Å². The van der Waals surface area contributed by atoms with Crippen molar-refractivity contribution in [2.45, 2.75) is 28.9 Å². The normalized spacial score (nSPS) is 19.6. The van der Waals surface area contributed by atoms with Gasteiger partial charge in [0.1, 0.15) is 11.8 Å². The van der Waals surface area contributed by atoms with E-state index in [0.717, 1.165) is 50.8 Å². The molecular formula is C29H17Cl3F3N3O4S2. The molecule has 44 heavy (non-hydrogen) atoms. The summed E-state index contributed by atoms with van der Waals surface area (Å²) in [5.74, 6) is -3.61. The van der Waals surface area contributed by atoms with Crippen molar-refractivity contribution < 1.29 is 27.6 Å². The summed E-state index contributed by atoms with van der Waals surface area (Å²) in [5, 5.41) is 2.46. The highest BCUT2D eigenvalue weighted by atomic mass is 35.5. The summed E-state index contributed by atoms with van der Waals surface area (Å²) in [6, 6.07) is 15.2. The Morgan fingerprint density at radius 2 is 1.64 bits per heavy atom. The molecule has 0 aliphatic carbocycles. The molecule has 3 unspecified atom stereocenters. The summed E-state index contributed by atoms with van der Waals surface area (Å²) in [5.41, 5.74) is -0.306. The zero-order chi connectivity index (χ0) is 31.5. The van der Waals surface area contributed by atoms with Crippen molar-refractivity contribution in [2.75, 3.05) is 10.2 Å². The van der Waals surface area contributed by atoms with Crippen LogP contribution in [0.1, 0.15) is 21.9 Å². The van der Waals surface area contributed by atoms with Crippen molar-refractivity contribution in [3.8, 4) is 0 Å². The van der Waals surface area contributed by atoms with Crippen molar-refractivity contribution in [1.82, 2.24) is 4.57 Å². The van der Waals surface area contributed by atoms with Crippen molar-refractivity contribution >= 4 is 87.0 Å². The number of halogens is 6. The number of benzene rings is 3. The summed E-state index contributed by atoms with van der Waals surface area (Å²) in [4.78, 5) is 55.0. The van der Waals surface area contributed by atoms with E-state index in [4.69, 9.17) is 34.8 Å². The quantitative estimate of drug-likeness (QED) is 0.221. The van der Waals surface area contributed by atoms with Crippen LogP contribution in [0.3, 0.4) is 0 Å². The fourth-order valence-corrected chi connectivity index (χ4v) is 8.63. The van der Waals surface area contributed by atoms with Crippen LogP contribution in [-0.2, 0) is 27.1 Å². The highest BCUT2D eigenvalue weighted by molar-refractivity contribution is 8.00. The Bertz CT molecular complexity index is 1900. The van der Waals surface area contributed by atoms with Gasteiger partial charge in [-0.2, -0.15) is 13.2 Å². The number of anilines is 2. The maximum absolute atomic E-state index is 14.0. The molecular weight excluding hydrogens is 682 g/mol. The van der Waals surface area contributed by atoms with Crippen LogP contribution in [0, 0.1) is 5.92 Å². The van der Waals surface area contributed by atoms with Gasteiger partial charge in [0.2, 0.25) is 17.7 Å². The Morgan fingerprint density at radius 1 is 0.932 bits per heavy atom. The number of hydrogen-bond acceptors (Lipinski definition) is 6. The SMILES string of the molecule is O=C(Cn1c2c(sc1=O)C(c1cccc(Cl)c1Cl)C1C(=O)N(c3ccc(Cl)cc3)C(=O)C1S2)Nc1cccc(C(F)(F)F)c1. The number of amides is 3. The van der Waals surface area contributed by atoms with E-state index in [-0.39, 0.29) is 20.8 Å². The zero-order valence-electron chi connectivity index (χ0n) is 21.9. The van der Waals surface area contributed by atoms with Crippen LogP contribution in [0.4, 0.5) is 24.5 Å². The maximum Gasteiger partial charge on any atom is 0.416 e. The average molecular weight is 699 g/mol. The number of carbonyl (C=O) groups is 3. The average Bonchev–Trinajstić information content (AvgIpc) is 3.41. The second kappa shape index (κ2) is 11.6. The second-order valence-electron chi connectivity index (χ2n) is 9.92. The van der Waals surface area contributed by atoms with E-state index in [1.807, 2.05) is 0 Å². The number of rotatable bonds is 5. The molecule has 3 heterocycles. The van der Waals surface area contributed by atoms with Crippen LogP contribution in [-0.4, -0.2) is 27.5 Å². The number of hydrogen-bond donors (Lipinski definition) is 1. The molecule has 2 aliphatic rings. The van der Waals surface area contributed by atoms with Crippen LogP contribution in [0.5, 0.6) is 0 Å². The zero-order valence-corrected chi connectivity index (χ0v) is 25.8. The van der Waals surface area contributed by atoms with Crippen LogP contribution in [0.25, 0.3) is 0 Å². The fraction of sp³-hybridized carbons (Fsp3) is 0.172. The Balaban J connectivity index is 1.40. The van der Waals surface area contributed by atoms with Gasteiger partial charge in [0.15, 0.2) is 0 Å². The molecule has 1 saturated heterocycles. The number of thiazole rings is 1. The largest absolute Gasteiger partial charge is 0.416 e. The Labute approximate surface area is 270 Å². The third-order valence-electron chi connectivity index (χ3n) is 7.23. The first kappa shape index (κ1) is 30.7. The standard InChI is InChI=1S/C29H17Cl3F3N3O4S2/c30-14-7-9-16(10-8-14)38-25(40)21-20(17-5-2-6-18(31)22(17)32)24-27(43-23(21)26(38)41)37(28(42)44-24)12-19(39)36-15-4-1-3-13(11-15)29(33,34)35/h1-11,20-21,23H,12H2,(H,36,39). The Kier molecular flexibility index (Phi) is 8.08. The van der Waals surface area contributed by atoms with Crippen LogP contribution >= 0.6 is 57.9 Å². The van der Waals surface area contributed by atoms with Crippen molar-refractivity contribution in [3.63, 3.8) is 0 Å². The van der Waals surface area contributed by atoms with Gasteiger partial charge < -0.3 is 5.32 Å². The summed E-state index contributed by atoms with van der Waals surface area (Å²) in [7, 11) is 0. The molecule has 3 aromatic carbocycles. The minimum Gasteiger partial charge on any atom is -0.325 e. The number of fused-ring (bicyclic) bond motifs is 2. The molecule has 4 aromatic rings. The molecule has 1 aromatic heterocycles. The van der Waals surface area contributed by atoms with E-state index in [0.29, 0.717) is 21.2 Å². The molecule has 1 fully saturated rings. The Hall–Kier alpha value is -3.29. The first-order valence-electron chi connectivity index (χ1n) is 12.8. The molecule has 2 aliphatic heterocycles. The van der Waals surface area contributed by atoms with E-state index in [1.165, 1.54) is 6.07 Å². The molecule has 7 nitrogen and oxygen atoms in total. The predicted molar refractivity (Wildman–Crippen MR) is 164 cm³/mol. The molecule has 1 N–H and O–H groups in total.